The molecule has 0 radical (unpaired) electrons. The lowest BCUT2D eigenvalue weighted by molar-refractivity contribution is 0.0969. The van der Waals surface area contributed by atoms with E-state index >= 15 is 0 Å². The molecule has 3 heterocycles. The molecule has 4 aromatic rings. The fraction of sp³-hybridized carbons (Fsp3) is 0.217. The minimum Gasteiger partial charge on any atom is -0.494 e. The summed E-state index contributed by atoms with van der Waals surface area (Å²) in [7, 11) is 0.150. The molecule has 0 aliphatic rings. The second-order valence-corrected chi connectivity index (χ2v) is 9.35. The molecular formula is C23H23N7O6S. The predicted molar refractivity (Wildman–Crippen MR) is 131 cm³/mol. The molecule has 1 aromatic carbocycles. The van der Waals surface area contributed by atoms with Gasteiger partial charge in [0, 0.05) is 18.5 Å². The number of methoxy groups -OCH3 is 3. The summed E-state index contributed by atoms with van der Waals surface area (Å²) in [5.41, 5.74) is 1.33. The number of aromatic nitrogens is 6. The van der Waals surface area contributed by atoms with Crippen LogP contribution in [-0.2, 0) is 15.8 Å². The molecule has 37 heavy (non-hydrogen) atoms. The maximum Gasteiger partial charge on any atom is 0.303 e. The standard InChI is InChI=1S/C23H23N7O6S/c1-14-11-24-18(25-12-14)13-37(32,33)29-23(31)22-28-27-21(15-7-5-10-19(26-15)36-4)30(22)20-16(34-2)8-6-9-17(20)35-3/h5-12H,13H2,1-4H3,(H,29,31). The van der Waals surface area contributed by atoms with Crippen molar-refractivity contribution in [2.75, 3.05) is 21.3 Å². The molecule has 0 saturated carbocycles. The number of nitrogens with one attached hydrogen (secondary N) is 1. The summed E-state index contributed by atoms with van der Waals surface area (Å²) in [6.07, 6.45) is 2.97. The minimum absolute atomic E-state index is 0.0278. The number of hydrogen-bond donors (Lipinski definition) is 1. The highest BCUT2D eigenvalue weighted by Crippen LogP contribution is 2.36. The van der Waals surface area contributed by atoms with Crippen LogP contribution in [0, 0.1) is 6.92 Å². The number of sulfonamides is 1. The summed E-state index contributed by atoms with van der Waals surface area (Å²) in [6.45, 7) is 1.77. The van der Waals surface area contributed by atoms with E-state index in [0.29, 0.717) is 23.1 Å². The first-order chi connectivity index (χ1) is 17.8. The van der Waals surface area contributed by atoms with Crippen molar-refractivity contribution in [3.05, 3.63) is 66.0 Å². The van der Waals surface area contributed by atoms with Crippen molar-refractivity contribution in [3.8, 4) is 34.6 Å². The van der Waals surface area contributed by atoms with Crippen LogP contribution in [0.15, 0.2) is 48.8 Å². The normalized spacial score (nSPS) is 11.1. The van der Waals surface area contributed by atoms with E-state index < -0.39 is 21.7 Å². The summed E-state index contributed by atoms with van der Waals surface area (Å²) < 4.78 is 45.1. The molecule has 0 aliphatic heterocycles. The Hall–Kier alpha value is -4.59. The second kappa shape index (κ2) is 10.6. The lowest BCUT2D eigenvalue weighted by Crippen LogP contribution is -2.34. The molecule has 0 spiro atoms. The van der Waals surface area contributed by atoms with Gasteiger partial charge in [-0.25, -0.2) is 28.1 Å². The molecule has 0 unspecified atom stereocenters. The van der Waals surface area contributed by atoms with Crippen LogP contribution in [-0.4, -0.2) is 65.4 Å². The third kappa shape index (κ3) is 5.48. The summed E-state index contributed by atoms with van der Waals surface area (Å²) in [6, 6.07) is 9.95. The molecule has 3 aromatic heterocycles. The van der Waals surface area contributed by atoms with Crippen molar-refractivity contribution in [2.45, 2.75) is 12.7 Å². The molecule has 14 heteroatoms. The van der Waals surface area contributed by atoms with Gasteiger partial charge < -0.3 is 14.2 Å². The highest BCUT2D eigenvalue weighted by Gasteiger charge is 2.29. The van der Waals surface area contributed by atoms with Gasteiger partial charge in [-0.1, -0.05) is 12.1 Å². The van der Waals surface area contributed by atoms with Crippen LogP contribution in [0.2, 0.25) is 0 Å². The Morgan fingerprint density at radius 2 is 1.59 bits per heavy atom. The summed E-state index contributed by atoms with van der Waals surface area (Å²) in [5.74, 6) is -0.939. The van der Waals surface area contributed by atoms with Crippen LogP contribution < -0.4 is 18.9 Å². The van der Waals surface area contributed by atoms with E-state index in [0.717, 1.165) is 5.56 Å². The van der Waals surface area contributed by atoms with Crippen molar-refractivity contribution in [1.82, 2.24) is 34.4 Å². The van der Waals surface area contributed by atoms with Crippen molar-refractivity contribution < 1.29 is 27.4 Å². The number of benzene rings is 1. The molecule has 13 nitrogen and oxygen atoms in total. The van der Waals surface area contributed by atoms with E-state index in [1.807, 2.05) is 4.72 Å². The number of para-hydroxylation sites is 1. The van der Waals surface area contributed by atoms with E-state index in [1.54, 1.807) is 43.3 Å². The third-order valence-corrected chi connectivity index (χ3v) is 6.19. The van der Waals surface area contributed by atoms with Crippen LogP contribution in [0.3, 0.4) is 0 Å². The fourth-order valence-electron chi connectivity index (χ4n) is 3.40. The Kier molecular flexibility index (Phi) is 7.29. The van der Waals surface area contributed by atoms with E-state index in [9.17, 15) is 13.2 Å². The van der Waals surface area contributed by atoms with Gasteiger partial charge in [-0.15, -0.1) is 10.2 Å². The van der Waals surface area contributed by atoms with Crippen LogP contribution >= 0.6 is 0 Å². The Morgan fingerprint density at radius 1 is 0.946 bits per heavy atom. The van der Waals surface area contributed by atoms with Crippen molar-refractivity contribution >= 4 is 15.9 Å². The van der Waals surface area contributed by atoms with Crippen LogP contribution in [0.25, 0.3) is 17.2 Å². The number of pyridine rings is 1. The summed E-state index contributed by atoms with van der Waals surface area (Å²) >= 11 is 0. The van der Waals surface area contributed by atoms with Gasteiger partial charge in [-0.05, 0) is 30.7 Å². The SMILES string of the molecule is COc1cccc(-c2nnc(C(=O)NS(=O)(=O)Cc3ncc(C)cn3)n2-c2c(OC)cccc2OC)n1. The second-order valence-electron chi connectivity index (χ2n) is 7.63. The monoisotopic (exact) mass is 525 g/mol. The number of ether oxygens (including phenoxy) is 3. The first kappa shape index (κ1) is 25.5. The number of carbonyl (C=O) groups excluding carboxylic acids is 1. The lowest BCUT2D eigenvalue weighted by atomic mass is 10.2. The smallest absolute Gasteiger partial charge is 0.303 e. The van der Waals surface area contributed by atoms with Gasteiger partial charge in [0.05, 0.1) is 21.3 Å². The number of rotatable bonds is 9. The number of amides is 1. The first-order valence-corrected chi connectivity index (χ1v) is 12.4. The van der Waals surface area contributed by atoms with Crippen LogP contribution in [0.5, 0.6) is 17.4 Å². The molecule has 0 fully saturated rings. The van der Waals surface area contributed by atoms with Gasteiger partial charge in [0.2, 0.25) is 21.7 Å². The minimum atomic E-state index is -4.20. The first-order valence-electron chi connectivity index (χ1n) is 10.8. The predicted octanol–water partition coefficient (Wildman–Crippen LogP) is 1.71. The van der Waals surface area contributed by atoms with Gasteiger partial charge in [-0.2, -0.15) is 0 Å². The van der Waals surface area contributed by atoms with E-state index in [2.05, 4.69) is 25.1 Å². The molecule has 0 bridgehead atoms. The topological polar surface area (TPSA) is 160 Å². The summed E-state index contributed by atoms with van der Waals surface area (Å²) in [4.78, 5) is 25.6. The maximum atomic E-state index is 13.3. The van der Waals surface area contributed by atoms with Crippen molar-refractivity contribution in [2.24, 2.45) is 0 Å². The van der Waals surface area contributed by atoms with Crippen LogP contribution in [0.4, 0.5) is 0 Å². The van der Waals surface area contributed by atoms with Gasteiger partial charge in [-0.3, -0.25) is 9.36 Å². The van der Waals surface area contributed by atoms with Crippen molar-refractivity contribution in [1.29, 1.82) is 0 Å². The van der Waals surface area contributed by atoms with Crippen LogP contribution in [0.1, 0.15) is 22.0 Å². The number of aryl methyl sites for hydroxylation is 1. The zero-order valence-electron chi connectivity index (χ0n) is 20.4. The van der Waals surface area contributed by atoms with Gasteiger partial charge in [0.1, 0.15) is 34.5 Å². The summed E-state index contributed by atoms with van der Waals surface area (Å²) in [5, 5.41) is 8.13. The number of hydrogen-bond acceptors (Lipinski definition) is 11. The number of carbonyl (C=O) groups is 1. The quantitative estimate of drug-likeness (QED) is 0.339. The lowest BCUT2D eigenvalue weighted by Gasteiger charge is -2.17. The third-order valence-electron chi connectivity index (χ3n) is 5.06. The largest absolute Gasteiger partial charge is 0.494 e. The highest BCUT2D eigenvalue weighted by atomic mass is 32.2. The van der Waals surface area contributed by atoms with Gasteiger partial charge >= 0.3 is 5.91 Å². The Morgan fingerprint density at radius 3 is 2.22 bits per heavy atom. The highest BCUT2D eigenvalue weighted by molar-refractivity contribution is 7.89. The molecular weight excluding hydrogens is 502 g/mol. The van der Waals surface area contributed by atoms with Gasteiger partial charge in [0.25, 0.3) is 0 Å². The van der Waals surface area contributed by atoms with E-state index in [4.69, 9.17) is 14.2 Å². The molecule has 1 amide bonds. The van der Waals surface area contributed by atoms with Gasteiger partial charge in [0.15, 0.2) is 5.82 Å². The molecule has 192 valence electrons. The zero-order chi connectivity index (χ0) is 26.6. The Balaban J connectivity index is 1.82. The molecule has 4 rings (SSSR count). The van der Waals surface area contributed by atoms with E-state index in [-0.39, 0.29) is 23.2 Å². The number of nitrogens with zero attached hydrogens (tertiary/aromatic N) is 6. The fourth-order valence-corrected chi connectivity index (χ4v) is 4.34. The molecule has 0 saturated heterocycles. The van der Waals surface area contributed by atoms with Crippen molar-refractivity contribution in [3.63, 3.8) is 0 Å². The average molecular weight is 526 g/mol. The maximum absolute atomic E-state index is 13.3. The molecule has 0 aliphatic carbocycles. The molecule has 0 atom stereocenters. The van der Waals surface area contributed by atoms with E-state index in [1.165, 1.54) is 38.3 Å². The Bertz CT molecular complexity index is 1520. The zero-order valence-corrected chi connectivity index (χ0v) is 21.2. The Labute approximate surface area is 212 Å². The molecule has 1 N–H and O–H groups in total. The average Bonchev–Trinajstić information content (AvgIpc) is 3.34.